The van der Waals surface area contributed by atoms with Crippen molar-refractivity contribution in [1.29, 1.82) is 0 Å². The highest BCUT2D eigenvalue weighted by atomic mass is 16.1. The largest absolute Gasteiger partial charge is 0.310 e. The van der Waals surface area contributed by atoms with Crippen molar-refractivity contribution in [2.75, 3.05) is 5.32 Å². The molecule has 0 bridgehead atoms. The van der Waals surface area contributed by atoms with Gasteiger partial charge in [0.25, 0.3) is 0 Å². The summed E-state index contributed by atoms with van der Waals surface area (Å²) in [5, 5.41) is 7.14. The van der Waals surface area contributed by atoms with Gasteiger partial charge in [0.1, 0.15) is 0 Å². The number of aromatic nitrogens is 4. The zero-order valence-electron chi connectivity index (χ0n) is 13.7. The first-order valence-corrected chi connectivity index (χ1v) is 7.82. The van der Waals surface area contributed by atoms with Crippen molar-refractivity contribution in [3.8, 4) is 0 Å². The van der Waals surface area contributed by atoms with E-state index in [0.717, 1.165) is 28.8 Å². The van der Waals surface area contributed by atoms with Crippen LogP contribution >= 0.6 is 0 Å². The minimum absolute atomic E-state index is 0.0294. The Bertz CT molecular complexity index is 846. The maximum atomic E-state index is 12.3. The molecule has 3 rings (SSSR count). The van der Waals surface area contributed by atoms with Crippen LogP contribution in [0.15, 0.2) is 30.5 Å². The van der Waals surface area contributed by atoms with Crippen LogP contribution in [0.2, 0.25) is 0 Å². The van der Waals surface area contributed by atoms with E-state index < -0.39 is 0 Å². The molecule has 6 nitrogen and oxygen atoms in total. The van der Waals surface area contributed by atoms with E-state index in [1.807, 2.05) is 60.6 Å². The number of amides is 1. The normalized spacial score (nSPS) is 11.1. The SMILES string of the molecule is CCn1c(NC(=O)CCc2cnn(C)c2C)nc2ccccc21. The van der Waals surface area contributed by atoms with Gasteiger partial charge in [-0.2, -0.15) is 5.10 Å². The lowest BCUT2D eigenvalue weighted by Gasteiger charge is -2.07. The van der Waals surface area contributed by atoms with Crippen molar-refractivity contribution >= 4 is 22.9 Å². The Hall–Kier alpha value is -2.63. The number of hydrogen-bond donors (Lipinski definition) is 1. The summed E-state index contributed by atoms with van der Waals surface area (Å²) in [5.41, 5.74) is 4.13. The zero-order chi connectivity index (χ0) is 16.4. The second-order valence-electron chi connectivity index (χ2n) is 5.60. The fraction of sp³-hybridized carbons (Fsp3) is 0.353. The summed E-state index contributed by atoms with van der Waals surface area (Å²) in [7, 11) is 1.91. The predicted octanol–water partition coefficient (Wildman–Crippen LogP) is 2.67. The number of imidazole rings is 1. The molecule has 6 heteroatoms. The van der Waals surface area contributed by atoms with Crippen molar-refractivity contribution in [3.05, 3.63) is 41.7 Å². The van der Waals surface area contributed by atoms with Gasteiger partial charge < -0.3 is 4.57 Å². The molecule has 0 aliphatic carbocycles. The Morgan fingerprint density at radius 2 is 2.09 bits per heavy atom. The molecule has 0 fully saturated rings. The van der Waals surface area contributed by atoms with Gasteiger partial charge in [0, 0.05) is 25.7 Å². The van der Waals surface area contributed by atoms with E-state index in [2.05, 4.69) is 15.4 Å². The number of para-hydroxylation sites is 2. The Morgan fingerprint density at radius 1 is 1.30 bits per heavy atom. The van der Waals surface area contributed by atoms with E-state index in [0.29, 0.717) is 18.8 Å². The molecule has 0 aliphatic rings. The second kappa shape index (κ2) is 6.24. The van der Waals surface area contributed by atoms with Crippen LogP contribution in [-0.4, -0.2) is 25.2 Å². The highest BCUT2D eigenvalue weighted by Crippen LogP contribution is 2.19. The number of fused-ring (bicyclic) bond motifs is 1. The summed E-state index contributed by atoms with van der Waals surface area (Å²) >= 11 is 0. The Morgan fingerprint density at radius 3 is 2.78 bits per heavy atom. The van der Waals surface area contributed by atoms with Gasteiger partial charge in [-0.15, -0.1) is 0 Å². The Labute approximate surface area is 135 Å². The molecule has 1 aromatic carbocycles. The first-order chi connectivity index (χ1) is 11.1. The van der Waals surface area contributed by atoms with E-state index >= 15 is 0 Å². The van der Waals surface area contributed by atoms with E-state index in [-0.39, 0.29) is 5.91 Å². The van der Waals surface area contributed by atoms with E-state index in [4.69, 9.17) is 0 Å². The molecule has 0 radical (unpaired) electrons. The standard InChI is InChI=1S/C17H21N5O/c1-4-22-15-8-6-5-7-14(15)19-17(22)20-16(23)10-9-13-11-18-21(3)12(13)2/h5-8,11H,4,9-10H2,1-3H3,(H,19,20,23). The number of carbonyl (C=O) groups excluding carboxylic acids is 1. The highest BCUT2D eigenvalue weighted by Gasteiger charge is 2.13. The number of rotatable bonds is 5. The van der Waals surface area contributed by atoms with Gasteiger partial charge in [-0.25, -0.2) is 4.98 Å². The lowest BCUT2D eigenvalue weighted by Crippen LogP contribution is -2.16. The third kappa shape index (κ3) is 2.97. The maximum absolute atomic E-state index is 12.3. The topological polar surface area (TPSA) is 64.7 Å². The lowest BCUT2D eigenvalue weighted by atomic mass is 10.1. The van der Waals surface area contributed by atoms with Gasteiger partial charge in [-0.05, 0) is 38.0 Å². The minimum atomic E-state index is -0.0294. The summed E-state index contributed by atoms with van der Waals surface area (Å²) in [5.74, 6) is 0.583. The first-order valence-electron chi connectivity index (χ1n) is 7.82. The summed E-state index contributed by atoms with van der Waals surface area (Å²) in [4.78, 5) is 16.8. The molecule has 0 aliphatic heterocycles. The summed E-state index contributed by atoms with van der Waals surface area (Å²) in [6.07, 6.45) is 2.92. The number of hydrogen-bond acceptors (Lipinski definition) is 3. The number of aryl methyl sites for hydroxylation is 3. The number of anilines is 1. The van der Waals surface area contributed by atoms with E-state index in [1.54, 1.807) is 0 Å². The molecule has 2 aromatic heterocycles. The third-order valence-electron chi connectivity index (χ3n) is 4.18. The van der Waals surface area contributed by atoms with Gasteiger partial charge in [-0.1, -0.05) is 12.1 Å². The van der Waals surface area contributed by atoms with Crippen LogP contribution in [0.5, 0.6) is 0 Å². The van der Waals surface area contributed by atoms with Crippen LogP contribution < -0.4 is 5.32 Å². The maximum Gasteiger partial charge on any atom is 0.227 e. The average Bonchev–Trinajstić information content (AvgIpc) is 3.06. The fourth-order valence-electron chi connectivity index (χ4n) is 2.72. The lowest BCUT2D eigenvalue weighted by molar-refractivity contribution is -0.116. The van der Waals surface area contributed by atoms with Crippen LogP contribution in [0.1, 0.15) is 24.6 Å². The van der Waals surface area contributed by atoms with Crippen molar-refractivity contribution in [1.82, 2.24) is 19.3 Å². The Balaban J connectivity index is 1.71. The molecule has 1 N–H and O–H groups in total. The molecule has 120 valence electrons. The van der Waals surface area contributed by atoms with Crippen LogP contribution in [-0.2, 0) is 24.8 Å². The molecule has 3 aromatic rings. The first kappa shape index (κ1) is 15.3. The molecule has 23 heavy (non-hydrogen) atoms. The van der Waals surface area contributed by atoms with Gasteiger partial charge in [-0.3, -0.25) is 14.8 Å². The monoisotopic (exact) mass is 311 g/mol. The zero-order valence-corrected chi connectivity index (χ0v) is 13.7. The second-order valence-corrected chi connectivity index (χ2v) is 5.60. The van der Waals surface area contributed by atoms with Crippen molar-refractivity contribution in [2.45, 2.75) is 33.2 Å². The van der Waals surface area contributed by atoms with Gasteiger partial charge in [0.2, 0.25) is 11.9 Å². The quantitative estimate of drug-likeness (QED) is 0.788. The summed E-state index contributed by atoms with van der Waals surface area (Å²) in [6, 6.07) is 7.90. The van der Waals surface area contributed by atoms with Crippen LogP contribution in [0.4, 0.5) is 5.95 Å². The summed E-state index contributed by atoms with van der Waals surface area (Å²) in [6.45, 7) is 4.82. The fourth-order valence-corrected chi connectivity index (χ4v) is 2.72. The van der Waals surface area contributed by atoms with Gasteiger partial charge >= 0.3 is 0 Å². The molecule has 0 saturated heterocycles. The number of carbonyl (C=O) groups is 1. The van der Waals surface area contributed by atoms with Gasteiger partial charge in [0.15, 0.2) is 0 Å². The number of benzene rings is 1. The third-order valence-corrected chi connectivity index (χ3v) is 4.18. The molecule has 0 spiro atoms. The molecule has 0 atom stereocenters. The van der Waals surface area contributed by atoms with Crippen molar-refractivity contribution < 1.29 is 4.79 Å². The van der Waals surface area contributed by atoms with Crippen LogP contribution in [0, 0.1) is 6.92 Å². The van der Waals surface area contributed by atoms with Crippen LogP contribution in [0.3, 0.4) is 0 Å². The van der Waals surface area contributed by atoms with Gasteiger partial charge in [0.05, 0.1) is 17.2 Å². The highest BCUT2D eigenvalue weighted by molar-refractivity contribution is 5.91. The van der Waals surface area contributed by atoms with Crippen molar-refractivity contribution in [3.63, 3.8) is 0 Å². The Kier molecular flexibility index (Phi) is 4.14. The molecule has 0 unspecified atom stereocenters. The van der Waals surface area contributed by atoms with Crippen LogP contribution in [0.25, 0.3) is 11.0 Å². The van der Waals surface area contributed by atoms with E-state index in [9.17, 15) is 4.79 Å². The molecular weight excluding hydrogens is 290 g/mol. The number of nitrogens with zero attached hydrogens (tertiary/aromatic N) is 4. The average molecular weight is 311 g/mol. The minimum Gasteiger partial charge on any atom is -0.310 e. The smallest absolute Gasteiger partial charge is 0.227 e. The molecule has 0 saturated carbocycles. The van der Waals surface area contributed by atoms with Crippen molar-refractivity contribution in [2.24, 2.45) is 7.05 Å². The predicted molar refractivity (Wildman–Crippen MR) is 90.3 cm³/mol. The molecule has 1 amide bonds. The molecule has 2 heterocycles. The molecular formula is C17H21N5O. The summed E-state index contributed by atoms with van der Waals surface area (Å²) < 4.78 is 3.84. The van der Waals surface area contributed by atoms with E-state index in [1.165, 1.54) is 0 Å². The number of nitrogens with one attached hydrogen (secondary N) is 1.